The number of para-hydroxylation sites is 1. The van der Waals surface area contributed by atoms with Crippen molar-refractivity contribution in [2.75, 3.05) is 5.32 Å². The molecule has 2 rings (SSSR count). The molecule has 1 aromatic carbocycles. The predicted molar refractivity (Wildman–Crippen MR) is 66.4 cm³/mol. The van der Waals surface area contributed by atoms with Gasteiger partial charge in [-0.05, 0) is 23.5 Å². The van der Waals surface area contributed by atoms with Crippen molar-refractivity contribution in [3.63, 3.8) is 0 Å². The van der Waals surface area contributed by atoms with Crippen LogP contribution in [0.2, 0.25) is 0 Å². The summed E-state index contributed by atoms with van der Waals surface area (Å²) in [6.07, 6.45) is 0.922. The van der Waals surface area contributed by atoms with Gasteiger partial charge in [0.2, 0.25) is 5.91 Å². The highest BCUT2D eigenvalue weighted by atomic mass is 19.1. The Morgan fingerprint density at radius 2 is 2.12 bits per heavy atom. The van der Waals surface area contributed by atoms with Crippen LogP contribution in [0.15, 0.2) is 18.2 Å². The van der Waals surface area contributed by atoms with Crippen molar-refractivity contribution >= 4 is 11.6 Å². The van der Waals surface area contributed by atoms with E-state index < -0.39 is 0 Å². The quantitative estimate of drug-likeness (QED) is 0.853. The summed E-state index contributed by atoms with van der Waals surface area (Å²) in [5.74, 6) is 0.0660. The Morgan fingerprint density at radius 1 is 1.41 bits per heavy atom. The molecule has 0 radical (unpaired) electrons. The van der Waals surface area contributed by atoms with Crippen molar-refractivity contribution in [3.05, 3.63) is 29.6 Å². The van der Waals surface area contributed by atoms with Crippen LogP contribution in [0, 0.1) is 17.7 Å². The predicted octanol–water partition coefficient (Wildman–Crippen LogP) is 3.54. The highest BCUT2D eigenvalue weighted by molar-refractivity contribution is 6.03. The zero-order valence-electron chi connectivity index (χ0n) is 10.5. The summed E-state index contributed by atoms with van der Waals surface area (Å²) in [6, 6.07) is 4.92. The van der Waals surface area contributed by atoms with E-state index in [9.17, 15) is 9.18 Å². The average Bonchev–Trinajstić information content (AvgIpc) is 2.59. The summed E-state index contributed by atoms with van der Waals surface area (Å²) in [5, 5.41) is 2.67. The molecule has 2 unspecified atom stereocenters. The number of carbonyl (C=O) groups excluding carboxylic acids is 1. The number of hydrogen-bond acceptors (Lipinski definition) is 1. The van der Waals surface area contributed by atoms with Crippen LogP contribution in [0.5, 0.6) is 0 Å². The minimum atomic E-state index is -0.336. The smallest absolute Gasteiger partial charge is 0.232 e. The SMILES string of the molecule is CCC(C(C)C)C1C(=O)Nc2c(F)cccc21. The van der Waals surface area contributed by atoms with Crippen LogP contribution in [0.4, 0.5) is 10.1 Å². The van der Waals surface area contributed by atoms with E-state index in [-0.39, 0.29) is 23.6 Å². The van der Waals surface area contributed by atoms with E-state index in [0.29, 0.717) is 11.6 Å². The number of carbonyl (C=O) groups is 1. The van der Waals surface area contributed by atoms with Crippen LogP contribution >= 0.6 is 0 Å². The number of halogens is 1. The van der Waals surface area contributed by atoms with Crippen LogP contribution in [0.1, 0.15) is 38.7 Å². The Balaban J connectivity index is 2.44. The molecule has 0 bridgehead atoms. The lowest BCUT2D eigenvalue weighted by molar-refractivity contribution is -0.118. The monoisotopic (exact) mass is 235 g/mol. The second-order valence-corrected chi connectivity index (χ2v) is 4.99. The summed E-state index contributed by atoms with van der Waals surface area (Å²) in [7, 11) is 0. The second-order valence-electron chi connectivity index (χ2n) is 4.99. The Hall–Kier alpha value is -1.38. The Bertz CT molecular complexity index is 442. The van der Waals surface area contributed by atoms with Gasteiger partial charge in [-0.15, -0.1) is 0 Å². The number of fused-ring (bicyclic) bond motifs is 1. The molecule has 3 heteroatoms. The molecule has 17 heavy (non-hydrogen) atoms. The molecule has 2 nitrogen and oxygen atoms in total. The lowest BCUT2D eigenvalue weighted by atomic mass is 9.78. The molecule has 1 aliphatic heterocycles. The molecule has 0 fully saturated rings. The number of anilines is 1. The fourth-order valence-corrected chi connectivity index (χ4v) is 2.79. The summed E-state index contributed by atoms with van der Waals surface area (Å²) in [4.78, 5) is 12.0. The van der Waals surface area contributed by atoms with E-state index in [1.165, 1.54) is 6.07 Å². The van der Waals surface area contributed by atoms with E-state index >= 15 is 0 Å². The molecular formula is C14H18FNO. The first-order chi connectivity index (χ1) is 8.06. The third kappa shape index (κ3) is 1.94. The van der Waals surface area contributed by atoms with Gasteiger partial charge in [0.25, 0.3) is 0 Å². The van der Waals surface area contributed by atoms with Gasteiger partial charge < -0.3 is 5.32 Å². The van der Waals surface area contributed by atoms with E-state index in [1.54, 1.807) is 6.07 Å². The maximum absolute atomic E-state index is 13.6. The van der Waals surface area contributed by atoms with Gasteiger partial charge in [0.1, 0.15) is 5.82 Å². The van der Waals surface area contributed by atoms with Gasteiger partial charge in [0.15, 0.2) is 0 Å². The van der Waals surface area contributed by atoms with Crippen molar-refractivity contribution in [3.8, 4) is 0 Å². The summed E-state index contributed by atoms with van der Waals surface area (Å²) in [6.45, 7) is 6.30. The van der Waals surface area contributed by atoms with Gasteiger partial charge >= 0.3 is 0 Å². The summed E-state index contributed by atoms with van der Waals surface area (Å²) in [5.41, 5.74) is 1.19. The molecule has 0 saturated heterocycles. The van der Waals surface area contributed by atoms with Gasteiger partial charge in [0, 0.05) is 0 Å². The fourth-order valence-electron chi connectivity index (χ4n) is 2.79. The topological polar surface area (TPSA) is 29.1 Å². The van der Waals surface area contributed by atoms with Gasteiger partial charge in [-0.1, -0.05) is 39.3 Å². The number of amides is 1. The molecule has 1 amide bonds. The van der Waals surface area contributed by atoms with E-state index in [1.807, 2.05) is 6.07 Å². The minimum absolute atomic E-state index is 0.0642. The van der Waals surface area contributed by atoms with Crippen molar-refractivity contribution in [2.45, 2.75) is 33.1 Å². The van der Waals surface area contributed by atoms with Crippen molar-refractivity contribution in [2.24, 2.45) is 11.8 Å². The minimum Gasteiger partial charge on any atom is -0.323 e. The number of hydrogen-bond donors (Lipinski definition) is 1. The van der Waals surface area contributed by atoms with Gasteiger partial charge in [-0.25, -0.2) is 4.39 Å². The highest BCUT2D eigenvalue weighted by Crippen LogP contribution is 2.42. The fraction of sp³-hybridized carbons (Fsp3) is 0.500. The molecule has 1 aliphatic rings. The lowest BCUT2D eigenvalue weighted by Gasteiger charge is -2.24. The lowest BCUT2D eigenvalue weighted by Crippen LogP contribution is -2.24. The number of rotatable bonds is 3. The van der Waals surface area contributed by atoms with Gasteiger partial charge in [-0.3, -0.25) is 4.79 Å². The Labute approximate surface area is 101 Å². The molecular weight excluding hydrogens is 217 g/mol. The van der Waals surface area contributed by atoms with Gasteiger partial charge in [0.05, 0.1) is 11.6 Å². The van der Waals surface area contributed by atoms with Gasteiger partial charge in [-0.2, -0.15) is 0 Å². The third-order valence-electron chi connectivity index (χ3n) is 3.67. The summed E-state index contributed by atoms with van der Waals surface area (Å²) < 4.78 is 13.6. The molecule has 0 aliphatic carbocycles. The third-order valence-corrected chi connectivity index (χ3v) is 3.67. The average molecular weight is 235 g/mol. The zero-order chi connectivity index (χ0) is 12.6. The van der Waals surface area contributed by atoms with Crippen LogP contribution < -0.4 is 5.32 Å². The first-order valence-corrected chi connectivity index (χ1v) is 6.15. The molecule has 1 heterocycles. The van der Waals surface area contributed by atoms with Crippen LogP contribution in [0.25, 0.3) is 0 Å². The Morgan fingerprint density at radius 3 is 2.71 bits per heavy atom. The second kappa shape index (κ2) is 4.47. The molecule has 1 aromatic rings. The van der Waals surface area contributed by atoms with Crippen LogP contribution in [-0.2, 0) is 4.79 Å². The van der Waals surface area contributed by atoms with Crippen LogP contribution in [0.3, 0.4) is 0 Å². The van der Waals surface area contributed by atoms with Crippen LogP contribution in [-0.4, -0.2) is 5.91 Å². The number of benzene rings is 1. The van der Waals surface area contributed by atoms with E-state index in [0.717, 1.165) is 12.0 Å². The first kappa shape index (κ1) is 12.1. The van der Waals surface area contributed by atoms with E-state index in [2.05, 4.69) is 26.1 Å². The summed E-state index contributed by atoms with van der Waals surface area (Å²) >= 11 is 0. The standard InChI is InChI=1S/C14H18FNO/c1-4-9(8(2)3)12-10-6-5-7-11(15)13(10)16-14(12)17/h5-9,12H,4H2,1-3H3,(H,16,17). The van der Waals surface area contributed by atoms with E-state index in [4.69, 9.17) is 0 Å². The zero-order valence-corrected chi connectivity index (χ0v) is 10.5. The molecule has 1 N–H and O–H groups in total. The molecule has 0 saturated carbocycles. The number of nitrogens with one attached hydrogen (secondary N) is 1. The highest BCUT2D eigenvalue weighted by Gasteiger charge is 2.38. The first-order valence-electron chi connectivity index (χ1n) is 6.15. The maximum atomic E-state index is 13.6. The largest absolute Gasteiger partial charge is 0.323 e. The maximum Gasteiger partial charge on any atom is 0.232 e. The van der Waals surface area contributed by atoms with Crippen molar-refractivity contribution in [1.29, 1.82) is 0 Å². The molecule has 0 aromatic heterocycles. The van der Waals surface area contributed by atoms with Crippen molar-refractivity contribution < 1.29 is 9.18 Å². The molecule has 92 valence electrons. The molecule has 2 atom stereocenters. The normalized spacial score (nSPS) is 20.3. The molecule has 0 spiro atoms. The Kier molecular flexibility index (Phi) is 3.18. The van der Waals surface area contributed by atoms with Crippen molar-refractivity contribution in [1.82, 2.24) is 0 Å².